The van der Waals surface area contributed by atoms with Crippen molar-refractivity contribution in [1.82, 2.24) is 5.32 Å². The van der Waals surface area contributed by atoms with Crippen LogP contribution >= 0.6 is 21.6 Å². The van der Waals surface area contributed by atoms with Crippen LogP contribution in [0, 0.1) is 0 Å². The Morgan fingerprint density at radius 3 is 1.58 bits per heavy atom. The number of Topliss-reactive ketones (excluding diaryl/α,β-unsaturated/α-hetero) is 1. The van der Waals surface area contributed by atoms with E-state index in [0.717, 1.165) is 69.4 Å². The molecule has 0 heterocycles. The van der Waals surface area contributed by atoms with E-state index in [1.165, 1.54) is 0 Å². The lowest BCUT2D eigenvalue weighted by molar-refractivity contribution is -0.191. The topological polar surface area (TPSA) is 80.3 Å². The van der Waals surface area contributed by atoms with Gasteiger partial charge < -0.3 is 5.32 Å². The molecule has 0 radical (unpaired) electrons. The quantitative estimate of drug-likeness (QED) is 0.0770. The molecular weight excluding hydrogens is 514 g/mol. The molecule has 0 fully saturated rings. The van der Waals surface area contributed by atoms with Crippen LogP contribution in [-0.2, 0) is 19.2 Å². The van der Waals surface area contributed by atoms with Gasteiger partial charge in [0, 0.05) is 37.3 Å². The fraction of sp³-hybridized carbons (Fsp3) is 0.516. The number of rotatable bonds is 23. The number of hydrogen-bond acceptors (Lipinski definition) is 6. The first-order chi connectivity index (χ1) is 18.6. The summed E-state index contributed by atoms with van der Waals surface area (Å²) < 4.78 is 0. The summed E-state index contributed by atoms with van der Waals surface area (Å²) in [7, 11) is 3.55. The predicted molar refractivity (Wildman–Crippen MR) is 165 cm³/mol. The molecule has 7 heteroatoms. The normalized spacial score (nSPS) is 11.7. The Kier molecular flexibility index (Phi) is 34.5. The summed E-state index contributed by atoms with van der Waals surface area (Å²) in [5.41, 5.74) is 0. The molecule has 0 atom stereocenters. The molecule has 0 aromatic rings. The summed E-state index contributed by atoms with van der Waals surface area (Å²) in [5.74, 6) is 2.35. The van der Waals surface area contributed by atoms with Crippen LogP contribution in [0.3, 0.4) is 0 Å². The zero-order chi connectivity index (χ0) is 28.4. The number of ketones is 1. The van der Waals surface area contributed by atoms with Gasteiger partial charge in [-0.2, -0.15) is 9.59 Å². The molecule has 0 bridgehead atoms. The van der Waals surface area contributed by atoms with E-state index in [-0.39, 0.29) is 12.1 Å². The second kappa shape index (κ2) is 34.7. The molecular formula is C31H47NO4S2. The predicted octanol–water partition coefficient (Wildman–Crippen LogP) is 8.14. The third-order valence-electron chi connectivity index (χ3n) is 4.78. The molecule has 1 N–H and O–H groups in total. The fourth-order valence-electron chi connectivity index (χ4n) is 2.81. The smallest absolute Gasteiger partial charge is 0.355 e. The highest BCUT2D eigenvalue weighted by molar-refractivity contribution is 8.76. The summed E-state index contributed by atoms with van der Waals surface area (Å²) in [6.07, 6.45) is 36.2. The number of allylic oxidation sites excluding steroid dienone is 12. The van der Waals surface area contributed by atoms with Gasteiger partial charge in [-0.1, -0.05) is 108 Å². The molecule has 38 heavy (non-hydrogen) atoms. The standard InChI is InChI=1S/C30H47NO2S2.CO2/c1-3-5-6-7-8-9-10-11-12-13-14-15-16-17-18-19-20-21-22-24-29(32)25-23-27-34-35-28-26-31-30(33)4-2;2-1-3/h5-6,8-9,11-12,14-15,17-18,20-21H,3-4,7,10,13,16,19,22-28H2,1-2H3,(H,31,33);/b6-5-,9-8-,12-11-,15-14-,18-17-,21-20-;. The molecule has 0 rings (SSSR count). The zero-order valence-electron chi connectivity index (χ0n) is 23.3. The van der Waals surface area contributed by atoms with Crippen molar-refractivity contribution >= 4 is 39.4 Å². The van der Waals surface area contributed by atoms with Crippen molar-refractivity contribution in [2.45, 2.75) is 84.5 Å². The maximum absolute atomic E-state index is 11.9. The summed E-state index contributed by atoms with van der Waals surface area (Å²) in [5, 5.41) is 2.86. The van der Waals surface area contributed by atoms with E-state index in [2.05, 4.69) is 85.2 Å². The third kappa shape index (κ3) is 35.8. The molecule has 1 amide bonds. The Hall–Kier alpha value is -2.34. The highest BCUT2D eigenvalue weighted by Gasteiger charge is 2.01. The van der Waals surface area contributed by atoms with Crippen LogP contribution in [0.15, 0.2) is 72.9 Å². The average molecular weight is 562 g/mol. The molecule has 0 saturated heterocycles. The van der Waals surface area contributed by atoms with Crippen LogP contribution < -0.4 is 5.32 Å². The molecule has 0 aromatic carbocycles. The number of nitrogens with one attached hydrogen (secondary N) is 1. The van der Waals surface area contributed by atoms with E-state index in [9.17, 15) is 9.59 Å². The van der Waals surface area contributed by atoms with Crippen molar-refractivity contribution in [2.24, 2.45) is 0 Å². The van der Waals surface area contributed by atoms with E-state index in [1.807, 2.05) is 6.92 Å². The van der Waals surface area contributed by atoms with Gasteiger partial charge >= 0.3 is 6.15 Å². The number of carbonyl (C=O) groups excluding carboxylic acids is 4. The highest BCUT2D eigenvalue weighted by Crippen LogP contribution is 2.22. The number of amides is 1. The van der Waals surface area contributed by atoms with Crippen LogP contribution in [0.25, 0.3) is 0 Å². The monoisotopic (exact) mass is 561 g/mol. The van der Waals surface area contributed by atoms with E-state index >= 15 is 0 Å². The highest BCUT2D eigenvalue weighted by atomic mass is 33.1. The maximum Gasteiger partial charge on any atom is 0.373 e. The summed E-state index contributed by atoms with van der Waals surface area (Å²) in [4.78, 5) is 39.3. The van der Waals surface area contributed by atoms with Gasteiger partial charge in [0.05, 0.1) is 0 Å². The minimum absolute atomic E-state index is 0.105. The lowest BCUT2D eigenvalue weighted by Crippen LogP contribution is -2.24. The summed E-state index contributed by atoms with van der Waals surface area (Å²) in [6, 6.07) is 0. The molecule has 0 saturated carbocycles. The fourth-order valence-corrected chi connectivity index (χ4v) is 4.81. The van der Waals surface area contributed by atoms with Crippen LogP contribution in [-0.4, -0.2) is 35.9 Å². The first-order valence-electron chi connectivity index (χ1n) is 13.5. The number of hydrogen-bond donors (Lipinski definition) is 1. The second-order valence-electron chi connectivity index (χ2n) is 8.03. The molecule has 5 nitrogen and oxygen atoms in total. The number of carbonyl (C=O) groups is 2. The molecule has 0 aliphatic rings. The molecule has 212 valence electrons. The molecule has 0 aliphatic heterocycles. The van der Waals surface area contributed by atoms with Crippen molar-refractivity contribution in [3.05, 3.63) is 72.9 Å². The summed E-state index contributed by atoms with van der Waals surface area (Å²) >= 11 is 0. The van der Waals surface area contributed by atoms with Crippen molar-refractivity contribution in [3.63, 3.8) is 0 Å². The second-order valence-corrected chi connectivity index (χ2v) is 10.7. The third-order valence-corrected chi connectivity index (χ3v) is 7.27. The van der Waals surface area contributed by atoms with Gasteiger partial charge in [0.1, 0.15) is 5.78 Å². The average Bonchev–Trinajstić information content (AvgIpc) is 2.91. The Labute approximate surface area is 238 Å². The van der Waals surface area contributed by atoms with Gasteiger partial charge in [0.2, 0.25) is 5.91 Å². The minimum atomic E-state index is 0.105. The maximum atomic E-state index is 11.9. The van der Waals surface area contributed by atoms with E-state index in [1.54, 1.807) is 21.6 Å². The zero-order valence-corrected chi connectivity index (χ0v) is 24.9. The largest absolute Gasteiger partial charge is 0.373 e. The SMILES string of the molecule is CC/C=C\C/C=C\C/C=C\C/C=C\C/C=C\C/C=C\CCC(=O)CCCSSCCNC(=O)CC.O=C=O. The van der Waals surface area contributed by atoms with Crippen molar-refractivity contribution in [3.8, 4) is 0 Å². The van der Waals surface area contributed by atoms with E-state index in [4.69, 9.17) is 9.59 Å². The molecule has 0 aromatic heterocycles. The van der Waals surface area contributed by atoms with Gasteiger partial charge in [-0.05, 0) is 51.4 Å². The Bertz CT molecular complexity index is 777. The van der Waals surface area contributed by atoms with Gasteiger partial charge in [-0.25, -0.2) is 0 Å². The van der Waals surface area contributed by atoms with Crippen molar-refractivity contribution < 1.29 is 19.2 Å². The first kappa shape index (κ1) is 37.8. The van der Waals surface area contributed by atoms with Crippen molar-refractivity contribution in [2.75, 3.05) is 18.1 Å². The van der Waals surface area contributed by atoms with Gasteiger partial charge in [0.25, 0.3) is 0 Å². The lowest BCUT2D eigenvalue weighted by atomic mass is 10.1. The van der Waals surface area contributed by atoms with Gasteiger partial charge in [-0.3, -0.25) is 9.59 Å². The Morgan fingerprint density at radius 2 is 1.11 bits per heavy atom. The summed E-state index contributed by atoms with van der Waals surface area (Å²) in [6.45, 7) is 4.73. The first-order valence-corrected chi connectivity index (χ1v) is 16.0. The molecule has 0 aliphatic carbocycles. The molecule has 0 unspecified atom stereocenters. The minimum Gasteiger partial charge on any atom is -0.355 e. The molecule has 0 spiro atoms. The van der Waals surface area contributed by atoms with Crippen LogP contribution in [0.1, 0.15) is 84.5 Å². The van der Waals surface area contributed by atoms with Crippen LogP contribution in [0.2, 0.25) is 0 Å². The van der Waals surface area contributed by atoms with E-state index < -0.39 is 0 Å². The van der Waals surface area contributed by atoms with Crippen LogP contribution in [0.5, 0.6) is 0 Å². The van der Waals surface area contributed by atoms with Gasteiger partial charge in [-0.15, -0.1) is 0 Å². The van der Waals surface area contributed by atoms with Crippen LogP contribution in [0.4, 0.5) is 0 Å². The van der Waals surface area contributed by atoms with Crippen molar-refractivity contribution in [1.29, 1.82) is 0 Å². The van der Waals surface area contributed by atoms with E-state index in [0.29, 0.717) is 25.0 Å². The Balaban J connectivity index is 0. The lowest BCUT2D eigenvalue weighted by Gasteiger charge is -2.03. The Morgan fingerprint density at radius 1 is 0.658 bits per heavy atom. The van der Waals surface area contributed by atoms with Gasteiger partial charge in [0.15, 0.2) is 0 Å².